The lowest BCUT2D eigenvalue weighted by molar-refractivity contribution is 0.0600. The van der Waals surface area contributed by atoms with Gasteiger partial charge < -0.3 is 24.4 Å². The summed E-state index contributed by atoms with van der Waals surface area (Å²) in [6.45, 7) is 9.55. The monoisotopic (exact) mass is 513 g/mol. The Balaban J connectivity index is 1.36. The zero-order valence-electron chi connectivity index (χ0n) is 20.9. The number of morpholine rings is 1. The highest BCUT2D eigenvalue weighted by Crippen LogP contribution is 2.28. The normalized spacial score (nSPS) is 18.1. The zero-order chi connectivity index (χ0) is 25.7. The van der Waals surface area contributed by atoms with Gasteiger partial charge in [-0.3, -0.25) is 5.32 Å². The number of methoxy groups -OCH3 is 1. The maximum absolute atomic E-state index is 12.6. The van der Waals surface area contributed by atoms with E-state index in [9.17, 15) is 9.59 Å². The van der Waals surface area contributed by atoms with E-state index in [1.807, 2.05) is 12.2 Å². The highest BCUT2D eigenvalue weighted by atomic mass is 32.1. The molecule has 1 aromatic carbocycles. The Kier molecular flexibility index (Phi) is 7.90. The van der Waals surface area contributed by atoms with Gasteiger partial charge in [0.05, 0.1) is 38.1 Å². The number of hydrogen-bond donors (Lipinski definition) is 2. The highest BCUT2D eigenvalue weighted by molar-refractivity contribution is 7.16. The summed E-state index contributed by atoms with van der Waals surface area (Å²) < 4.78 is 16.2. The number of thiazole rings is 1. The number of aromatic nitrogens is 1. The molecule has 11 heteroatoms. The van der Waals surface area contributed by atoms with E-state index in [1.165, 1.54) is 18.4 Å². The number of ether oxygens (including phenoxy) is 3. The van der Waals surface area contributed by atoms with Crippen LogP contribution in [0.3, 0.4) is 0 Å². The van der Waals surface area contributed by atoms with Gasteiger partial charge in [-0.2, -0.15) is 0 Å². The molecule has 2 aromatic rings. The maximum atomic E-state index is 12.6. The molecule has 0 bridgehead atoms. The highest BCUT2D eigenvalue weighted by Gasteiger charge is 2.30. The van der Waals surface area contributed by atoms with Gasteiger partial charge in [0.1, 0.15) is 6.10 Å². The molecule has 1 unspecified atom stereocenters. The molecule has 192 valence electrons. The summed E-state index contributed by atoms with van der Waals surface area (Å²) in [6, 6.07) is 4.70. The molecule has 2 N–H and O–H groups in total. The number of amides is 2. The van der Waals surface area contributed by atoms with E-state index in [0.29, 0.717) is 55.1 Å². The zero-order valence-corrected chi connectivity index (χ0v) is 21.7. The van der Waals surface area contributed by atoms with Crippen molar-refractivity contribution < 1.29 is 23.8 Å². The first-order valence-electron chi connectivity index (χ1n) is 11.7. The van der Waals surface area contributed by atoms with Crippen LogP contribution in [-0.2, 0) is 14.2 Å². The predicted octanol–water partition coefficient (Wildman–Crippen LogP) is 4.27. The first kappa shape index (κ1) is 25.6. The first-order valence-corrected chi connectivity index (χ1v) is 12.5. The third-order valence-corrected chi connectivity index (χ3v) is 6.67. The number of benzene rings is 1. The van der Waals surface area contributed by atoms with Crippen molar-refractivity contribution in [3.05, 3.63) is 40.9 Å². The molecule has 2 amide bonds. The fraction of sp³-hybridized carbons (Fsp3) is 0.440. The fourth-order valence-corrected chi connectivity index (χ4v) is 4.45. The number of carbonyl (C=O) groups is 2. The Bertz CT molecular complexity index is 1160. The van der Waals surface area contributed by atoms with Crippen molar-refractivity contribution in [1.29, 1.82) is 0 Å². The summed E-state index contributed by atoms with van der Waals surface area (Å²) in [5.41, 5.74) is 1.61. The van der Waals surface area contributed by atoms with Crippen LogP contribution in [0.25, 0.3) is 6.08 Å². The molecule has 0 aliphatic carbocycles. The second-order valence-corrected chi connectivity index (χ2v) is 10.5. The topological polar surface area (TPSA) is 114 Å². The van der Waals surface area contributed by atoms with E-state index < -0.39 is 12.0 Å². The number of anilines is 3. The number of carbonyl (C=O) groups excluding carboxylic acids is 2. The Morgan fingerprint density at radius 1 is 1.19 bits per heavy atom. The van der Waals surface area contributed by atoms with Crippen molar-refractivity contribution in [3.63, 3.8) is 0 Å². The van der Waals surface area contributed by atoms with Crippen molar-refractivity contribution in [2.45, 2.75) is 26.9 Å². The van der Waals surface area contributed by atoms with Gasteiger partial charge in [0.15, 0.2) is 5.13 Å². The molecule has 4 rings (SSSR count). The molecule has 1 aromatic heterocycles. The number of rotatable bonds is 6. The SMILES string of the molecule is COC(=O)c1cc(NC(=O)Nc2ncc(/C=C/C3=NCC(C(C)(C)C)O3)s2)ccc1N1CCOCC1. The smallest absolute Gasteiger partial charge is 0.340 e. The summed E-state index contributed by atoms with van der Waals surface area (Å²) in [4.78, 5) is 36.6. The molecule has 0 saturated carbocycles. The van der Waals surface area contributed by atoms with Gasteiger partial charge in [0.2, 0.25) is 5.90 Å². The molecule has 3 heterocycles. The molecular formula is C25H31N5O5S. The van der Waals surface area contributed by atoms with Crippen LogP contribution in [-0.4, -0.2) is 68.9 Å². The number of esters is 1. The van der Waals surface area contributed by atoms with Crippen molar-refractivity contribution in [2.24, 2.45) is 10.4 Å². The molecular weight excluding hydrogens is 482 g/mol. The Labute approximate surface area is 214 Å². The summed E-state index contributed by atoms with van der Waals surface area (Å²) in [7, 11) is 1.33. The lowest BCUT2D eigenvalue weighted by Gasteiger charge is -2.30. The van der Waals surface area contributed by atoms with Gasteiger partial charge in [0, 0.05) is 41.3 Å². The van der Waals surface area contributed by atoms with Crippen LogP contribution < -0.4 is 15.5 Å². The fourth-order valence-electron chi connectivity index (χ4n) is 3.74. The van der Waals surface area contributed by atoms with E-state index in [4.69, 9.17) is 14.2 Å². The minimum Gasteiger partial charge on any atom is -0.472 e. The lowest BCUT2D eigenvalue weighted by atomic mass is 9.89. The van der Waals surface area contributed by atoms with E-state index in [2.05, 4.69) is 46.3 Å². The molecule has 1 atom stereocenters. The van der Waals surface area contributed by atoms with Gasteiger partial charge in [-0.05, 0) is 24.3 Å². The molecule has 0 radical (unpaired) electrons. The molecule has 10 nitrogen and oxygen atoms in total. The number of nitrogens with zero attached hydrogens (tertiary/aromatic N) is 3. The average Bonchev–Trinajstić information content (AvgIpc) is 3.52. The van der Waals surface area contributed by atoms with Crippen molar-refractivity contribution in [3.8, 4) is 0 Å². The number of urea groups is 1. The maximum Gasteiger partial charge on any atom is 0.340 e. The molecule has 2 aliphatic heterocycles. The molecule has 2 aliphatic rings. The number of nitrogens with one attached hydrogen (secondary N) is 2. The van der Waals surface area contributed by atoms with Crippen LogP contribution in [0.5, 0.6) is 0 Å². The van der Waals surface area contributed by atoms with Crippen LogP contribution in [0.15, 0.2) is 35.5 Å². The molecule has 0 spiro atoms. The lowest BCUT2D eigenvalue weighted by Crippen LogP contribution is -2.37. The average molecular weight is 514 g/mol. The summed E-state index contributed by atoms with van der Waals surface area (Å²) in [5.74, 6) is 0.124. The molecule has 1 fully saturated rings. The van der Waals surface area contributed by atoms with Crippen LogP contribution in [0.4, 0.5) is 21.3 Å². The van der Waals surface area contributed by atoms with E-state index >= 15 is 0 Å². The predicted molar refractivity (Wildman–Crippen MR) is 141 cm³/mol. The van der Waals surface area contributed by atoms with Crippen LogP contribution in [0, 0.1) is 5.41 Å². The minimum absolute atomic E-state index is 0.0223. The van der Waals surface area contributed by atoms with E-state index in [1.54, 1.807) is 24.4 Å². The Morgan fingerprint density at radius 3 is 2.67 bits per heavy atom. The van der Waals surface area contributed by atoms with Gasteiger partial charge in [-0.25, -0.2) is 19.6 Å². The van der Waals surface area contributed by atoms with Crippen LogP contribution in [0.1, 0.15) is 36.0 Å². The number of aliphatic imine (C=N–C) groups is 1. The minimum atomic E-state index is -0.471. The standard InChI is InChI=1S/C25H31N5O5S/c1-25(2,3)20-15-26-21(35-20)8-6-17-14-27-24(36-17)29-23(32)28-16-5-7-19(18(13-16)22(31)33-4)30-9-11-34-12-10-30/h5-8,13-14,20H,9-12,15H2,1-4H3,(H2,27,28,29,32)/b8-6+. The summed E-state index contributed by atoms with van der Waals surface area (Å²) >= 11 is 1.32. The molecule has 36 heavy (non-hydrogen) atoms. The molecule has 1 saturated heterocycles. The third kappa shape index (κ3) is 6.41. The van der Waals surface area contributed by atoms with Crippen molar-refractivity contribution in [1.82, 2.24) is 4.98 Å². The van der Waals surface area contributed by atoms with Crippen LogP contribution >= 0.6 is 11.3 Å². The third-order valence-electron chi connectivity index (χ3n) is 5.79. The van der Waals surface area contributed by atoms with Gasteiger partial charge in [-0.1, -0.05) is 32.1 Å². The van der Waals surface area contributed by atoms with Crippen molar-refractivity contribution >= 4 is 51.8 Å². The quantitative estimate of drug-likeness (QED) is 0.555. The Hall–Kier alpha value is -3.44. The summed E-state index contributed by atoms with van der Waals surface area (Å²) in [5, 5.41) is 5.92. The first-order chi connectivity index (χ1) is 17.2. The van der Waals surface area contributed by atoms with Gasteiger partial charge >= 0.3 is 12.0 Å². The van der Waals surface area contributed by atoms with E-state index in [0.717, 1.165) is 10.6 Å². The largest absolute Gasteiger partial charge is 0.472 e. The van der Waals surface area contributed by atoms with Crippen LogP contribution in [0.2, 0.25) is 0 Å². The van der Waals surface area contributed by atoms with Gasteiger partial charge in [-0.15, -0.1) is 0 Å². The second kappa shape index (κ2) is 11.1. The second-order valence-electron chi connectivity index (χ2n) is 9.45. The van der Waals surface area contributed by atoms with Gasteiger partial charge in [0.25, 0.3) is 0 Å². The Morgan fingerprint density at radius 2 is 1.97 bits per heavy atom. The summed E-state index contributed by atoms with van der Waals surface area (Å²) in [6.07, 6.45) is 5.40. The number of hydrogen-bond acceptors (Lipinski definition) is 9. The van der Waals surface area contributed by atoms with Crippen molar-refractivity contribution in [2.75, 3.05) is 55.5 Å². The van der Waals surface area contributed by atoms with E-state index in [-0.39, 0.29) is 11.5 Å².